The quantitative estimate of drug-likeness (QED) is 0.780. The van der Waals surface area contributed by atoms with Crippen LogP contribution in [0.15, 0.2) is 30.3 Å². The topological polar surface area (TPSA) is 74.8 Å². The Morgan fingerprint density at radius 2 is 2.00 bits per heavy atom. The molecule has 2 aliphatic carbocycles. The van der Waals surface area contributed by atoms with Crippen LogP contribution in [0.1, 0.15) is 54.5 Å². The van der Waals surface area contributed by atoms with Gasteiger partial charge in [0.05, 0.1) is 18.2 Å². The van der Waals surface area contributed by atoms with Crippen molar-refractivity contribution in [1.82, 2.24) is 19.7 Å². The Morgan fingerprint density at radius 3 is 2.64 bits per heavy atom. The molecule has 2 saturated carbocycles. The number of benzene rings is 1. The summed E-state index contributed by atoms with van der Waals surface area (Å²) in [6.07, 6.45) is 4.86. The van der Waals surface area contributed by atoms with Crippen LogP contribution in [0.25, 0.3) is 5.69 Å². The predicted octanol–water partition coefficient (Wildman–Crippen LogP) is 2.91. The third-order valence-corrected chi connectivity index (χ3v) is 4.72. The van der Waals surface area contributed by atoms with Gasteiger partial charge in [0.1, 0.15) is 5.82 Å². The summed E-state index contributed by atoms with van der Waals surface area (Å²) in [7, 11) is 0. The Morgan fingerprint density at radius 1 is 1.24 bits per heavy atom. The zero-order chi connectivity index (χ0) is 17.2. The fourth-order valence-electron chi connectivity index (χ4n) is 2.99. The van der Waals surface area contributed by atoms with E-state index < -0.39 is 0 Å². The van der Waals surface area contributed by atoms with Crippen LogP contribution in [0.4, 0.5) is 0 Å². The van der Waals surface area contributed by atoms with E-state index in [1.54, 1.807) is 4.90 Å². The highest BCUT2D eigenvalue weighted by Crippen LogP contribution is 2.40. The van der Waals surface area contributed by atoms with Gasteiger partial charge in [-0.05, 0) is 43.7 Å². The molecule has 0 aliphatic heterocycles. The van der Waals surface area contributed by atoms with Gasteiger partial charge >= 0.3 is 0 Å². The highest BCUT2D eigenvalue weighted by molar-refractivity contribution is 5.90. The number of nitriles is 1. The maximum atomic E-state index is 12.9. The lowest BCUT2D eigenvalue weighted by Gasteiger charge is -2.19. The molecule has 2 aliphatic rings. The van der Waals surface area contributed by atoms with Crippen LogP contribution >= 0.6 is 0 Å². The predicted molar refractivity (Wildman–Crippen MR) is 92.2 cm³/mol. The molecular weight excluding hydrogens is 314 g/mol. The van der Waals surface area contributed by atoms with Gasteiger partial charge in [0.15, 0.2) is 0 Å². The molecule has 6 nitrogen and oxygen atoms in total. The van der Waals surface area contributed by atoms with Gasteiger partial charge in [0.25, 0.3) is 5.91 Å². The third kappa shape index (κ3) is 3.55. The number of para-hydroxylation sites is 1. The van der Waals surface area contributed by atoms with Crippen molar-refractivity contribution in [2.45, 2.75) is 38.0 Å². The van der Waals surface area contributed by atoms with Crippen LogP contribution in [0, 0.1) is 17.2 Å². The fraction of sp³-hybridized carbons (Fsp3) is 0.474. The zero-order valence-electron chi connectivity index (χ0n) is 14.1. The van der Waals surface area contributed by atoms with Gasteiger partial charge in [-0.3, -0.25) is 4.79 Å². The van der Waals surface area contributed by atoms with Gasteiger partial charge in [0.2, 0.25) is 5.82 Å². The molecule has 1 aromatic heterocycles. The molecule has 4 rings (SSSR count). The molecule has 0 bridgehead atoms. The molecule has 128 valence electrons. The molecule has 0 unspecified atom stereocenters. The molecular formula is C19H21N5O. The van der Waals surface area contributed by atoms with E-state index in [1.165, 1.54) is 0 Å². The van der Waals surface area contributed by atoms with Crippen molar-refractivity contribution in [3.05, 3.63) is 42.0 Å². The van der Waals surface area contributed by atoms with E-state index >= 15 is 0 Å². The molecule has 0 atom stereocenters. The molecule has 25 heavy (non-hydrogen) atoms. The average molecular weight is 335 g/mol. The lowest BCUT2D eigenvalue weighted by molar-refractivity contribution is 0.0739. The minimum absolute atomic E-state index is 0.154. The number of amides is 1. The smallest absolute Gasteiger partial charge is 0.293 e. The number of carbonyl (C=O) groups is 1. The standard InChI is InChI=1S/C19H21N5O/c20-11-4-12-23(13-14-7-8-14)19(25)17-21-18(15-9-10-15)24(22-17)16-5-2-1-3-6-16/h1-3,5-6,14-15H,4,7-10,12-13H2. The van der Waals surface area contributed by atoms with Crippen LogP contribution in [-0.4, -0.2) is 38.7 Å². The highest BCUT2D eigenvalue weighted by atomic mass is 16.2. The van der Waals surface area contributed by atoms with E-state index in [-0.39, 0.29) is 11.7 Å². The number of rotatable bonds is 7. The second-order valence-electron chi connectivity index (χ2n) is 6.92. The summed E-state index contributed by atoms with van der Waals surface area (Å²) in [6, 6.07) is 12.0. The van der Waals surface area contributed by atoms with E-state index in [0.717, 1.165) is 37.2 Å². The Kier molecular flexibility index (Phi) is 4.22. The lowest BCUT2D eigenvalue weighted by atomic mass is 10.3. The monoisotopic (exact) mass is 335 g/mol. The van der Waals surface area contributed by atoms with E-state index in [0.29, 0.717) is 31.3 Å². The van der Waals surface area contributed by atoms with Crippen molar-refractivity contribution in [2.24, 2.45) is 5.92 Å². The van der Waals surface area contributed by atoms with Crippen LogP contribution in [0.3, 0.4) is 0 Å². The van der Waals surface area contributed by atoms with Crippen molar-refractivity contribution in [1.29, 1.82) is 5.26 Å². The van der Waals surface area contributed by atoms with Gasteiger partial charge < -0.3 is 4.90 Å². The average Bonchev–Trinajstić information content (AvgIpc) is 3.58. The minimum Gasteiger partial charge on any atom is -0.335 e. The lowest BCUT2D eigenvalue weighted by Crippen LogP contribution is -2.34. The Labute approximate surface area is 147 Å². The van der Waals surface area contributed by atoms with E-state index in [9.17, 15) is 4.79 Å². The second-order valence-corrected chi connectivity index (χ2v) is 6.92. The van der Waals surface area contributed by atoms with Gasteiger partial charge in [0, 0.05) is 19.0 Å². The first-order valence-electron chi connectivity index (χ1n) is 8.95. The van der Waals surface area contributed by atoms with Gasteiger partial charge in [-0.2, -0.15) is 5.26 Å². The fourth-order valence-corrected chi connectivity index (χ4v) is 2.99. The Bertz CT molecular complexity index is 799. The molecule has 2 fully saturated rings. The Hall–Kier alpha value is -2.68. The largest absolute Gasteiger partial charge is 0.335 e. The molecule has 2 aromatic rings. The molecule has 0 saturated heterocycles. The number of aromatic nitrogens is 3. The summed E-state index contributed by atoms with van der Waals surface area (Å²) in [5, 5.41) is 13.4. The van der Waals surface area contributed by atoms with E-state index in [1.807, 2.05) is 35.0 Å². The summed E-state index contributed by atoms with van der Waals surface area (Å²) in [5.41, 5.74) is 0.932. The van der Waals surface area contributed by atoms with Gasteiger partial charge in [-0.25, -0.2) is 9.67 Å². The number of hydrogen-bond acceptors (Lipinski definition) is 4. The maximum absolute atomic E-state index is 12.9. The van der Waals surface area contributed by atoms with Gasteiger partial charge in [-0.1, -0.05) is 18.2 Å². The van der Waals surface area contributed by atoms with Crippen LogP contribution in [0.2, 0.25) is 0 Å². The summed E-state index contributed by atoms with van der Waals surface area (Å²) in [4.78, 5) is 19.3. The van der Waals surface area contributed by atoms with Crippen molar-refractivity contribution >= 4 is 5.91 Å². The first-order valence-corrected chi connectivity index (χ1v) is 8.95. The summed E-state index contributed by atoms with van der Waals surface area (Å²) < 4.78 is 1.81. The molecule has 1 heterocycles. The number of nitrogens with zero attached hydrogens (tertiary/aromatic N) is 5. The van der Waals surface area contributed by atoms with Crippen molar-refractivity contribution in [3.8, 4) is 11.8 Å². The van der Waals surface area contributed by atoms with E-state index in [2.05, 4.69) is 16.2 Å². The minimum atomic E-state index is -0.154. The zero-order valence-corrected chi connectivity index (χ0v) is 14.1. The van der Waals surface area contributed by atoms with E-state index in [4.69, 9.17) is 5.26 Å². The van der Waals surface area contributed by atoms with Crippen molar-refractivity contribution in [3.63, 3.8) is 0 Å². The molecule has 0 radical (unpaired) electrons. The molecule has 0 N–H and O–H groups in total. The van der Waals surface area contributed by atoms with Crippen LogP contribution in [-0.2, 0) is 0 Å². The number of carbonyl (C=O) groups excluding carboxylic acids is 1. The second kappa shape index (κ2) is 6.67. The van der Waals surface area contributed by atoms with Crippen LogP contribution in [0.5, 0.6) is 0 Å². The third-order valence-electron chi connectivity index (χ3n) is 4.72. The first kappa shape index (κ1) is 15.8. The molecule has 0 spiro atoms. The van der Waals surface area contributed by atoms with Crippen molar-refractivity contribution in [2.75, 3.05) is 13.1 Å². The maximum Gasteiger partial charge on any atom is 0.293 e. The summed E-state index contributed by atoms with van der Waals surface area (Å²) in [6.45, 7) is 1.16. The normalized spacial score (nSPS) is 16.4. The Balaban J connectivity index is 1.62. The first-order chi connectivity index (χ1) is 12.3. The van der Waals surface area contributed by atoms with Crippen LogP contribution < -0.4 is 0 Å². The molecule has 6 heteroatoms. The summed E-state index contributed by atoms with van der Waals surface area (Å²) in [5.74, 6) is 1.94. The SMILES string of the molecule is N#CCCN(CC1CC1)C(=O)c1nc(C2CC2)n(-c2ccccc2)n1. The summed E-state index contributed by atoms with van der Waals surface area (Å²) >= 11 is 0. The number of hydrogen-bond donors (Lipinski definition) is 0. The molecule has 1 amide bonds. The highest BCUT2D eigenvalue weighted by Gasteiger charge is 2.33. The molecule has 1 aromatic carbocycles. The van der Waals surface area contributed by atoms with Crippen molar-refractivity contribution < 1.29 is 4.79 Å². The van der Waals surface area contributed by atoms with Gasteiger partial charge in [-0.15, -0.1) is 5.10 Å².